The number of ether oxygens (including phenoxy) is 1. The summed E-state index contributed by atoms with van der Waals surface area (Å²) >= 11 is 0. The van der Waals surface area contributed by atoms with Crippen molar-refractivity contribution in [2.24, 2.45) is 0 Å². The van der Waals surface area contributed by atoms with Gasteiger partial charge in [0, 0.05) is 10.7 Å². The average Bonchev–Trinajstić information content (AvgIpc) is 2.27. The molecule has 0 saturated carbocycles. The molecule has 0 aliphatic heterocycles. The molecule has 100 valence electrons. The van der Waals surface area contributed by atoms with Crippen LogP contribution >= 0.6 is 10.7 Å². The quantitative estimate of drug-likeness (QED) is 0.632. The maximum atomic E-state index is 11.9. The van der Waals surface area contributed by atoms with Crippen molar-refractivity contribution < 1.29 is 17.9 Å². The molecule has 0 heterocycles. The molecule has 1 atom stereocenters. The van der Waals surface area contributed by atoms with Crippen molar-refractivity contribution in [1.82, 2.24) is 0 Å². The van der Waals surface area contributed by atoms with Gasteiger partial charge in [-0.05, 0) is 38.0 Å². The van der Waals surface area contributed by atoms with Crippen LogP contribution in [0.1, 0.15) is 36.2 Å². The topological polar surface area (TPSA) is 60.4 Å². The Morgan fingerprint density at radius 3 is 2.56 bits per heavy atom. The van der Waals surface area contributed by atoms with Gasteiger partial charge in [0.25, 0.3) is 9.05 Å². The Labute approximate surface area is 111 Å². The van der Waals surface area contributed by atoms with E-state index in [0.717, 1.165) is 0 Å². The van der Waals surface area contributed by atoms with Crippen molar-refractivity contribution in [2.75, 3.05) is 0 Å². The summed E-state index contributed by atoms with van der Waals surface area (Å²) in [4.78, 5) is 11.7. The highest BCUT2D eigenvalue weighted by Crippen LogP contribution is 2.20. The molecule has 1 aromatic rings. The van der Waals surface area contributed by atoms with Crippen molar-refractivity contribution in [3.05, 3.63) is 29.3 Å². The minimum Gasteiger partial charge on any atom is -0.459 e. The molecule has 6 heteroatoms. The van der Waals surface area contributed by atoms with Crippen LogP contribution in [0.15, 0.2) is 23.1 Å². The molecule has 4 nitrogen and oxygen atoms in total. The minimum atomic E-state index is -3.85. The van der Waals surface area contributed by atoms with Gasteiger partial charge in [0.05, 0.1) is 16.6 Å². The molecular formula is C12H15ClO4S. The van der Waals surface area contributed by atoms with Crippen LogP contribution < -0.4 is 0 Å². The fourth-order valence-electron chi connectivity index (χ4n) is 1.30. The molecule has 1 unspecified atom stereocenters. The maximum absolute atomic E-state index is 11.9. The fourth-order valence-corrected chi connectivity index (χ4v) is 2.08. The normalized spacial score (nSPS) is 13.1. The highest BCUT2D eigenvalue weighted by atomic mass is 35.7. The first-order valence-electron chi connectivity index (χ1n) is 5.52. The first-order valence-corrected chi connectivity index (χ1v) is 7.83. The van der Waals surface area contributed by atoms with Crippen LogP contribution in [0.4, 0.5) is 0 Å². The van der Waals surface area contributed by atoms with Gasteiger partial charge in [-0.3, -0.25) is 0 Å². The minimum absolute atomic E-state index is 0.106. The Hall–Kier alpha value is -1.07. The summed E-state index contributed by atoms with van der Waals surface area (Å²) in [5, 5.41) is 0. The highest BCUT2D eigenvalue weighted by Gasteiger charge is 2.18. The molecule has 0 saturated heterocycles. The third kappa shape index (κ3) is 3.71. The van der Waals surface area contributed by atoms with Crippen LogP contribution in [0.2, 0.25) is 0 Å². The molecule has 0 radical (unpaired) electrons. The van der Waals surface area contributed by atoms with Crippen molar-refractivity contribution in [2.45, 2.75) is 38.2 Å². The van der Waals surface area contributed by atoms with E-state index in [0.29, 0.717) is 12.0 Å². The summed E-state index contributed by atoms with van der Waals surface area (Å²) in [6, 6.07) is 4.13. The van der Waals surface area contributed by atoms with Gasteiger partial charge >= 0.3 is 5.97 Å². The van der Waals surface area contributed by atoms with Crippen LogP contribution in [0.5, 0.6) is 0 Å². The second-order valence-electron chi connectivity index (χ2n) is 4.04. The zero-order valence-electron chi connectivity index (χ0n) is 10.4. The summed E-state index contributed by atoms with van der Waals surface area (Å²) in [6.45, 7) is 5.37. The van der Waals surface area contributed by atoms with Crippen molar-refractivity contribution >= 4 is 25.7 Å². The second kappa shape index (κ2) is 5.71. The molecule has 0 spiro atoms. The van der Waals surface area contributed by atoms with E-state index in [1.54, 1.807) is 13.8 Å². The molecule has 0 amide bonds. The third-order valence-electron chi connectivity index (χ3n) is 2.59. The summed E-state index contributed by atoms with van der Waals surface area (Å²) in [6.07, 6.45) is 0.478. The Morgan fingerprint density at radius 2 is 2.06 bits per heavy atom. The van der Waals surface area contributed by atoms with E-state index in [2.05, 4.69) is 0 Å². The van der Waals surface area contributed by atoms with Crippen LogP contribution in [0.25, 0.3) is 0 Å². The van der Waals surface area contributed by atoms with E-state index < -0.39 is 15.0 Å². The number of halogens is 1. The van der Waals surface area contributed by atoms with Gasteiger partial charge in [0.2, 0.25) is 0 Å². The summed E-state index contributed by atoms with van der Waals surface area (Å²) in [5.41, 5.74) is 0.865. The Balaban J connectivity index is 3.12. The number of hydrogen-bond acceptors (Lipinski definition) is 4. The molecule has 0 aliphatic rings. The number of carbonyl (C=O) groups is 1. The van der Waals surface area contributed by atoms with Crippen molar-refractivity contribution in [3.8, 4) is 0 Å². The number of benzene rings is 1. The van der Waals surface area contributed by atoms with Crippen LogP contribution in [-0.2, 0) is 13.8 Å². The monoisotopic (exact) mass is 290 g/mol. The predicted octanol–water partition coefficient (Wildman–Crippen LogP) is 2.88. The number of esters is 1. The van der Waals surface area contributed by atoms with E-state index in [4.69, 9.17) is 15.4 Å². The van der Waals surface area contributed by atoms with E-state index >= 15 is 0 Å². The lowest BCUT2D eigenvalue weighted by Gasteiger charge is -2.12. The molecule has 1 aromatic carbocycles. The van der Waals surface area contributed by atoms with Gasteiger partial charge in [-0.25, -0.2) is 13.2 Å². The fraction of sp³-hybridized carbons (Fsp3) is 0.417. The number of rotatable bonds is 4. The first-order chi connectivity index (χ1) is 8.25. The predicted molar refractivity (Wildman–Crippen MR) is 69.4 cm³/mol. The van der Waals surface area contributed by atoms with Crippen molar-refractivity contribution in [1.29, 1.82) is 0 Å². The molecule has 0 bridgehead atoms. The average molecular weight is 291 g/mol. The lowest BCUT2D eigenvalue weighted by Crippen LogP contribution is -2.15. The van der Waals surface area contributed by atoms with Crippen LogP contribution in [0.3, 0.4) is 0 Å². The Morgan fingerprint density at radius 1 is 1.44 bits per heavy atom. The van der Waals surface area contributed by atoms with Gasteiger partial charge in [-0.15, -0.1) is 0 Å². The SMILES string of the molecule is CCC(C)OC(=O)c1cc(S(=O)(=O)Cl)ccc1C. The van der Waals surface area contributed by atoms with Crippen LogP contribution in [-0.4, -0.2) is 20.5 Å². The smallest absolute Gasteiger partial charge is 0.338 e. The standard InChI is InChI=1S/C12H15ClO4S/c1-4-9(3)17-12(14)11-7-10(18(13,15)16)6-5-8(11)2/h5-7,9H,4H2,1-3H3. The van der Waals surface area contributed by atoms with E-state index in [1.807, 2.05) is 6.92 Å². The molecule has 0 aromatic heterocycles. The largest absolute Gasteiger partial charge is 0.459 e. The lowest BCUT2D eigenvalue weighted by atomic mass is 10.1. The van der Waals surface area contributed by atoms with Gasteiger partial charge in [0.15, 0.2) is 0 Å². The lowest BCUT2D eigenvalue weighted by molar-refractivity contribution is 0.0333. The zero-order valence-corrected chi connectivity index (χ0v) is 12.0. The molecule has 18 heavy (non-hydrogen) atoms. The van der Waals surface area contributed by atoms with E-state index in [9.17, 15) is 13.2 Å². The first kappa shape index (κ1) is 15.0. The number of aryl methyl sites for hydroxylation is 1. The van der Waals surface area contributed by atoms with Crippen LogP contribution in [0, 0.1) is 6.92 Å². The maximum Gasteiger partial charge on any atom is 0.338 e. The Kier molecular flexibility index (Phi) is 4.76. The molecule has 0 aliphatic carbocycles. The number of hydrogen-bond donors (Lipinski definition) is 0. The molecule has 0 N–H and O–H groups in total. The van der Waals surface area contributed by atoms with Gasteiger partial charge < -0.3 is 4.74 Å². The second-order valence-corrected chi connectivity index (χ2v) is 6.60. The van der Waals surface area contributed by atoms with Gasteiger partial charge in [-0.1, -0.05) is 13.0 Å². The Bertz CT molecular complexity index is 551. The van der Waals surface area contributed by atoms with E-state index in [-0.39, 0.29) is 16.6 Å². The molecule has 1 rings (SSSR count). The molecule has 0 fully saturated rings. The number of carbonyl (C=O) groups excluding carboxylic acids is 1. The molecular weight excluding hydrogens is 276 g/mol. The van der Waals surface area contributed by atoms with Crippen molar-refractivity contribution in [3.63, 3.8) is 0 Å². The van der Waals surface area contributed by atoms with Gasteiger partial charge in [-0.2, -0.15) is 0 Å². The van der Waals surface area contributed by atoms with Gasteiger partial charge in [0.1, 0.15) is 0 Å². The third-order valence-corrected chi connectivity index (χ3v) is 3.95. The van der Waals surface area contributed by atoms with E-state index in [1.165, 1.54) is 18.2 Å². The summed E-state index contributed by atoms with van der Waals surface area (Å²) in [7, 11) is 1.40. The summed E-state index contributed by atoms with van der Waals surface area (Å²) < 4.78 is 27.6. The summed E-state index contributed by atoms with van der Waals surface area (Å²) in [5.74, 6) is -0.538. The highest BCUT2D eigenvalue weighted by molar-refractivity contribution is 8.13. The zero-order chi connectivity index (χ0) is 13.9.